The maximum atomic E-state index is 14.6. The number of carbonyl (C=O) groups is 2. The zero-order valence-electron chi connectivity index (χ0n) is 17.1. The SMILES string of the molecule is O=C(NCc1cccs1)c1c(F)cccc1NC(=O)C(c1ccccc1)C1CCCC1. The molecule has 1 unspecified atom stereocenters. The van der Waals surface area contributed by atoms with E-state index < -0.39 is 11.7 Å². The molecule has 160 valence electrons. The van der Waals surface area contributed by atoms with Crippen molar-refractivity contribution in [3.05, 3.63) is 87.9 Å². The van der Waals surface area contributed by atoms with Crippen LogP contribution in [0.25, 0.3) is 0 Å². The third kappa shape index (κ3) is 5.02. The van der Waals surface area contributed by atoms with Gasteiger partial charge in [0.15, 0.2) is 0 Å². The van der Waals surface area contributed by atoms with Crippen LogP contribution >= 0.6 is 11.3 Å². The van der Waals surface area contributed by atoms with E-state index in [1.54, 1.807) is 6.07 Å². The first-order valence-electron chi connectivity index (χ1n) is 10.6. The minimum Gasteiger partial charge on any atom is -0.347 e. The molecule has 1 aliphatic carbocycles. The van der Waals surface area contributed by atoms with Gasteiger partial charge in [0.25, 0.3) is 5.91 Å². The lowest BCUT2D eigenvalue weighted by Crippen LogP contribution is -2.29. The third-order valence-corrected chi connectivity index (χ3v) is 6.69. The molecule has 4 rings (SSSR count). The van der Waals surface area contributed by atoms with Crippen molar-refractivity contribution < 1.29 is 14.0 Å². The lowest BCUT2D eigenvalue weighted by Gasteiger charge is -2.24. The number of hydrogen-bond acceptors (Lipinski definition) is 3. The molecule has 0 radical (unpaired) electrons. The lowest BCUT2D eigenvalue weighted by molar-refractivity contribution is -0.118. The zero-order valence-corrected chi connectivity index (χ0v) is 18.0. The highest BCUT2D eigenvalue weighted by Gasteiger charge is 2.32. The van der Waals surface area contributed by atoms with Gasteiger partial charge in [-0.05, 0) is 47.9 Å². The third-order valence-electron chi connectivity index (χ3n) is 5.81. The van der Waals surface area contributed by atoms with Crippen LogP contribution in [0.2, 0.25) is 0 Å². The quantitative estimate of drug-likeness (QED) is 0.497. The molecule has 0 spiro atoms. The second-order valence-corrected chi connectivity index (χ2v) is 8.88. The Kier molecular flexibility index (Phi) is 6.77. The van der Waals surface area contributed by atoms with Crippen LogP contribution in [0.5, 0.6) is 0 Å². The van der Waals surface area contributed by atoms with Crippen LogP contribution in [0.1, 0.15) is 52.4 Å². The summed E-state index contributed by atoms with van der Waals surface area (Å²) in [6, 6.07) is 17.8. The first-order chi connectivity index (χ1) is 15.1. The second-order valence-electron chi connectivity index (χ2n) is 7.85. The summed E-state index contributed by atoms with van der Waals surface area (Å²) in [7, 11) is 0. The van der Waals surface area contributed by atoms with E-state index in [0.29, 0.717) is 6.54 Å². The number of carbonyl (C=O) groups excluding carboxylic acids is 2. The van der Waals surface area contributed by atoms with Crippen molar-refractivity contribution in [1.29, 1.82) is 0 Å². The molecule has 0 saturated heterocycles. The summed E-state index contributed by atoms with van der Waals surface area (Å²) in [6.45, 7) is 0.312. The first kappa shape index (κ1) is 21.2. The molecule has 2 amide bonds. The Morgan fingerprint density at radius 1 is 1.00 bits per heavy atom. The van der Waals surface area contributed by atoms with Crippen LogP contribution in [-0.2, 0) is 11.3 Å². The fourth-order valence-corrected chi connectivity index (χ4v) is 4.97. The molecule has 6 heteroatoms. The number of anilines is 1. The van der Waals surface area contributed by atoms with Gasteiger partial charge in [-0.3, -0.25) is 9.59 Å². The lowest BCUT2D eigenvalue weighted by atomic mass is 9.84. The van der Waals surface area contributed by atoms with Crippen molar-refractivity contribution in [2.75, 3.05) is 5.32 Å². The number of thiophene rings is 1. The maximum absolute atomic E-state index is 14.6. The smallest absolute Gasteiger partial charge is 0.256 e. The van der Waals surface area contributed by atoms with Gasteiger partial charge in [-0.1, -0.05) is 55.3 Å². The molecule has 1 aromatic heterocycles. The van der Waals surface area contributed by atoms with Crippen LogP contribution in [-0.4, -0.2) is 11.8 Å². The Morgan fingerprint density at radius 3 is 2.48 bits per heavy atom. The topological polar surface area (TPSA) is 58.2 Å². The van der Waals surface area contributed by atoms with Gasteiger partial charge in [0.05, 0.1) is 23.7 Å². The van der Waals surface area contributed by atoms with Crippen molar-refractivity contribution >= 4 is 28.8 Å². The summed E-state index contributed by atoms with van der Waals surface area (Å²) in [4.78, 5) is 27.1. The first-order valence-corrected chi connectivity index (χ1v) is 11.5. The van der Waals surface area contributed by atoms with Gasteiger partial charge in [0, 0.05) is 4.88 Å². The van der Waals surface area contributed by atoms with Gasteiger partial charge < -0.3 is 10.6 Å². The molecule has 1 fully saturated rings. The molecular formula is C25H25FN2O2S. The van der Waals surface area contributed by atoms with Crippen LogP contribution in [0.4, 0.5) is 10.1 Å². The van der Waals surface area contributed by atoms with Crippen molar-refractivity contribution in [3.63, 3.8) is 0 Å². The normalized spacial score (nSPS) is 14.9. The highest BCUT2D eigenvalue weighted by molar-refractivity contribution is 7.09. The summed E-state index contributed by atoms with van der Waals surface area (Å²) in [5, 5.41) is 7.54. The standard InChI is InChI=1S/C25H25FN2O2S/c26-20-13-6-14-21(23(20)24(29)27-16-19-12-7-15-31-19)28-25(30)22(18-10-4-5-11-18)17-8-2-1-3-9-17/h1-3,6-9,12-15,18,22H,4-5,10-11,16H2,(H,27,29)(H,28,30). The van der Waals surface area contributed by atoms with Crippen LogP contribution < -0.4 is 10.6 Å². The van der Waals surface area contributed by atoms with E-state index in [-0.39, 0.29) is 29.0 Å². The van der Waals surface area contributed by atoms with Gasteiger partial charge in [0.1, 0.15) is 5.82 Å². The Morgan fingerprint density at radius 2 is 1.77 bits per heavy atom. The number of halogens is 1. The van der Waals surface area contributed by atoms with Crippen LogP contribution in [0.3, 0.4) is 0 Å². The van der Waals surface area contributed by atoms with Crippen molar-refractivity contribution in [2.24, 2.45) is 5.92 Å². The number of hydrogen-bond donors (Lipinski definition) is 2. The summed E-state index contributed by atoms with van der Waals surface area (Å²) in [5.41, 5.74) is 1.02. The summed E-state index contributed by atoms with van der Waals surface area (Å²) >= 11 is 1.52. The minimum atomic E-state index is -0.654. The molecule has 1 heterocycles. The molecule has 2 aromatic carbocycles. The van der Waals surface area contributed by atoms with Gasteiger partial charge >= 0.3 is 0 Å². The van der Waals surface area contributed by atoms with Gasteiger partial charge in [-0.25, -0.2) is 4.39 Å². The molecule has 31 heavy (non-hydrogen) atoms. The average molecular weight is 437 g/mol. The van der Waals surface area contributed by atoms with E-state index in [1.807, 2.05) is 47.8 Å². The molecule has 3 aromatic rings. The van der Waals surface area contributed by atoms with E-state index >= 15 is 0 Å². The average Bonchev–Trinajstić information content (AvgIpc) is 3.48. The van der Waals surface area contributed by atoms with E-state index in [0.717, 1.165) is 36.1 Å². The predicted octanol–water partition coefficient (Wildman–Crippen LogP) is 5.73. The highest BCUT2D eigenvalue weighted by Crippen LogP contribution is 2.38. The molecule has 0 aliphatic heterocycles. The molecule has 1 atom stereocenters. The molecular weight excluding hydrogens is 411 g/mol. The van der Waals surface area contributed by atoms with Crippen molar-refractivity contribution in [3.8, 4) is 0 Å². The van der Waals surface area contributed by atoms with Gasteiger partial charge in [0.2, 0.25) is 5.91 Å². The maximum Gasteiger partial charge on any atom is 0.256 e. The molecule has 0 bridgehead atoms. The van der Waals surface area contributed by atoms with Crippen LogP contribution in [0.15, 0.2) is 66.0 Å². The number of amides is 2. The van der Waals surface area contributed by atoms with E-state index in [4.69, 9.17) is 0 Å². The fourth-order valence-electron chi connectivity index (χ4n) is 4.33. The van der Waals surface area contributed by atoms with Crippen molar-refractivity contribution in [2.45, 2.75) is 38.1 Å². The number of nitrogens with one attached hydrogen (secondary N) is 2. The molecule has 1 saturated carbocycles. The fraction of sp³-hybridized carbons (Fsp3) is 0.280. The largest absolute Gasteiger partial charge is 0.347 e. The second kappa shape index (κ2) is 9.88. The van der Waals surface area contributed by atoms with E-state index in [2.05, 4.69) is 10.6 Å². The van der Waals surface area contributed by atoms with Gasteiger partial charge in [-0.15, -0.1) is 11.3 Å². The molecule has 1 aliphatic rings. The highest BCUT2D eigenvalue weighted by atomic mass is 32.1. The summed E-state index contributed by atoms with van der Waals surface area (Å²) < 4.78 is 14.6. The molecule has 2 N–H and O–H groups in total. The van der Waals surface area contributed by atoms with Gasteiger partial charge in [-0.2, -0.15) is 0 Å². The summed E-state index contributed by atoms with van der Waals surface area (Å²) in [5.74, 6) is -1.48. The Hall–Kier alpha value is -2.99. The van der Waals surface area contributed by atoms with Crippen LogP contribution in [0, 0.1) is 11.7 Å². The monoisotopic (exact) mass is 436 g/mol. The Balaban J connectivity index is 1.56. The Bertz CT molecular complexity index is 1030. The van der Waals surface area contributed by atoms with E-state index in [1.165, 1.54) is 23.5 Å². The summed E-state index contributed by atoms with van der Waals surface area (Å²) in [6.07, 6.45) is 4.20. The zero-order chi connectivity index (χ0) is 21.6. The Labute approximate surface area is 185 Å². The van der Waals surface area contributed by atoms with Crippen molar-refractivity contribution in [1.82, 2.24) is 5.32 Å². The number of benzene rings is 2. The predicted molar refractivity (Wildman–Crippen MR) is 122 cm³/mol. The number of rotatable bonds is 7. The van der Waals surface area contributed by atoms with E-state index in [9.17, 15) is 14.0 Å². The molecule has 4 nitrogen and oxygen atoms in total. The minimum absolute atomic E-state index is 0.134.